The third-order valence-corrected chi connectivity index (χ3v) is 3.19. The van der Waals surface area contributed by atoms with Crippen molar-refractivity contribution in [3.8, 4) is 11.4 Å². The lowest BCUT2D eigenvalue weighted by atomic mass is 10.2. The predicted octanol–water partition coefficient (Wildman–Crippen LogP) is 2.65. The summed E-state index contributed by atoms with van der Waals surface area (Å²) in [7, 11) is 0. The smallest absolute Gasteiger partial charge is 0.306 e. The van der Waals surface area contributed by atoms with E-state index < -0.39 is 5.97 Å². The monoisotopic (exact) mass is 274 g/mol. The van der Waals surface area contributed by atoms with Gasteiger partial charge in [-0.2, -0.15) is 0 Å². The quantitative estimate of drug-likeness (QED) is 0.910. The SMILES string of the molecule is Cc1nc(C)n(-c2ccc(OCCC(=O)O)cc2)c1C. The van der Waals surface area contributed by atoms with Crippen LogP contribution >= 0.6 is 0 Å². The van der Waals surface area contributed by atoms with Gasteiger partial charge in [-0.05, 0) is 45.0 Å². The summed E-state index contributed by atoms with van der Waals surface area (Å²) in [5, 5.41) is 8.56. The Morgan fingerprint density at radius 2 is 1.90 bits per heavy atom. The largest absolute Gasteiger partial charge is 0.493 e. The number of carbonyl (C=O) groups is 1. The van der Waals surface area contributed by atoms with Crippen LogP contribution in [-0.2, 0) is 4.79 Å². The molecule has 0 aliphatic rings. The van der Waals surface area contributed by atoms with Crippen molar-refractivity contribution in [2.45, 2.75) is 27.2 Å². The number of ether oxygens (including phenoxy) is 1. The molecule has 0 atom stereocenters. The Kier molecular flexibility index (Phi) is 4.08. The van der Waals surface area contributed by atoms with Gasteiger partial charge in [0.1, 0.15) is 11.6 Å². The minimum atomic E-state index is -0.859. The van der Waals surface area contributed by atoms with E-state index in [4.69, 9.17) is 9.84 Å². The number of aromatic nitrogens is 2. The zero-order valence-corrected chi connectivity index (χ0v) is 11.9. The Labute approximate surface area is 117 Å². The van der Waals surface area contributed by atoms with E-state index in [0.717, 1.165) is 22.9 Å². The highest BCUT2D eigenvalue weighted by atomic mass is 16.5. The number of hydrogen-bond acceptors (Lipinski definition) is 3. The summed E-state index contributed by atoms with van der Waals surface area (Å²) in [4.78, 5) is 14.9. The molecule has 0 spiro atoms. The molecule has 0 saturated heterocycles. The van der Waals surface area contributed by atoms with Crippen LogP contribution in [0.3, 0.4) is 0 Å². The molecule has 20 heavy (non-hydrogen) atoms. The number of aryl methyl sites for hydroxylation is 2. The number of benzene rings is 1. The third-order valence-electron chi connectivity index (χ3n) is 3.19. The molecule has 1 N–H and O–H groups in total. The van der Waals surface area contributed by atoms with Crippen molar-refractivity contribution in [3.63, 3.8) is 0 Å². The van der Waals surface area contributed by atoms with Gasteiger partial charge >= 0.3 is 5.97 Å². The summed E-state index contributed by atoms with van der Waals surface area (Å²) in [6, 6.07) is 7.56. The summed E-state index contributed by atoms with van der Waals surface area (Å²) < 4.78 is 7.45. The van der Waals surface area contributed by atoms with Crippen LogP contribution in [0.15, 0.2) is 24.3 Å². The molecule has 5 nitrogen and oxygen atoms in total. The van der Waals surface area contributed by atoms with Crippen molar-refractivity contribution in [2.24, 2.45) is 0 Å². The van der Waals surface area contributed by atoms with Crippen LogP contribution in [0.1, 0.15) is 23.6 Å². The second-order valence-corrected chi connectivity index (χ2v) is 4.65. The average molecular weight is 274 g/mol. The molecular weight excluding hydrogens is 256 g/mol. The first kappa shape index (κ1) is 14.1. The van der Waals surface area contributed by atoms with E-state index in [1.165, 1.54) is 0 Å². The summed E-state index contributed by atoms with van der Waals surface area (Å²) in [5.41, 5.74) is 3.15. The van der Waals surface area contributed by atoms with Gasteiger partial charge in [-0.25, -0.2) is 4.98 Å². The lowest BCUT2D eigenvalue weighted by molar-refractivity contribution is -0.137. The van der Waals surface area contributed by atoms with Crippen LogP contribution in [0.2, 0.25) is 0 Å². The van der Waals surface area contributed by atoms with Gasteiger partial charge < -0.3 is 14.4 Å². The molecule has 0 bridgehead atoms. The van der Waals surface area contributed by atoms with Gasteiger partial charge in [-0.1, -0.05) is 0 Å². The first-order valence-electron chi connectivity index (χ1n) is 6.46. The Balaban J connectivity index is 2.14. The normalized spacial score (nSPS) is 10.6. The van der Waals surface area contributed by atoms with Gasteiger partial charge in [-0.3, -0.25) is 4.79 Å². The van der Waals surface area contributed by atoms with Gasteiger partial charge in [-0.15, -0.1) is 0 Å². The van der Waals surface area contributed by atoms with Crippen LogP contribution in [0, 0.1) is 20.8 Å². The van der Waals surface area contributed by atoms with Crippen molar-refractivity contribution in [1.82, 2.24) is 9.55 Å². The fraction of sp³-hybridized carbons (Fsp3) is 0.333. The molecule has 0 aliphatic heterocycles. The standard InChI is InChI=1S/C15H18N2O3/c1-10-11(2)17(12(3)16-10)13-4-6-14(7-5-13)20-9-8-15(18)19/h4-7H,8-9H2,1-3H3,(H,18,19). The molecule has 0 saturated carbocycles. The van der Waals surface area contributed by atoms with E-state index in [0.29, 0.717) is 5.75 Å². The molecule has 0 radical (unpaired) electrons. The number of carboxylic acids is 1. The van der Waals surface area contributed by atoms with Crippen LogP contribution < -0.4 is 4.74 Å². The Hall–Kier alpha value is -2.30. The van der Waals surface area contributed by atoms with Gasteiger partial charge in [0.05, 0.1) is 18.7 Å². The third kappa shape index (κ3) is 2.99. The lowest BCUT2D eigenvalue weighted by Gasteiger charge is -2.10. The maximum Gasteiger partial charge on any atom is 0.306 e. The first-order chi connectivity index (χ1) is 9.49. The van der Waals surface area contributed by atoms with Gasteiger partial charge in [0.2, 0.25) is 0 Å². The molecule has 1 aromatic carbocycles. The summed E-state index contributed by atoms with van der Waals surface area (Å²) in [6.07, 6.45) is 0.000678. The van der Waals surface area contributed by atoms with Crippen molar-refractivity contribution < 1.29 is 14.6 Å². The highest BCUT2D eigenvalue weighted by Crippen LogP contribution is 2.20. The minimum Gasteiger partial charge on any atom is -0.493 e. The Morgan fingerprint density at radius 3 is 2.40 bits per heavy atom. The molecule has 0 unspecified atom stereocenters. The zero-order valence-electron chi connectivity index (χ0n) is 11.9. The molecule has 0 fully saturated rings. The first-order valence-corrected chi connectivity index (χ1v) is 6.46. The number of hydrogen-bond donors (Lipinski definition) is 1. The highest BCUT2D eigenvalue weighted by molar-refractivity contribution is 5.66. The summed E-state index contributed by atoms with van der Waals surface area (Å²) in [5.74, 6) is 0.753. The molecule has 0 amide bonds. The maximum atomic E-state index is 10.4. The summed E-state index contributed by atoms with van der Waals surface area (Å²) >= 11 is 0. The molecular formula is C15H18N2O3. The van der Waals surface area contributed by atoms with Crippen LogP contribution in [-0.4, -0.2) is 27.2 Å². The van der Waals surface area contributed by atoms with E-state index in [1.54, 1.807) is 0 Å². The van der Waals surface area contributed by atoms with Crippen molar-refractivity contribution in [2.75, 3.05) is 6.61 Å². The van der Waals surface area contributed by atoms with Crippen LogP contribution in [0.5, 0.6) is 5.75 Å². The lowest BCUT2D eigenvalue weighted by Crippen LogP contribution is -2.05. The Bertz CT molecular complexity index is 615. The van der Waals surface area contributed by atoms with Crippen LogP contribution in [0.4, 0.5) is 0 Å². The fourth-order valence-corrected chi connectivity index (χ4v) is 2.11. The average Bonchev–Trinajstić information content (AvgIpc) is 2.64. The molecule has 0 aliphatic carbocycles. The number of rotatable bonds is 5. The molecule has 5 heteroatoms. The van der Waals surface area contributed by atoms with Crippen molar-refractivity contribution in [1.29, 1.82) is 0 Å². The van der Waals surface area contributed by atoms with Crippen molar-refractivity contribution >= 4 is 5.97 Å². The van der Waals surface area contributed by atoms with E-state index >= 15 is 0 Å². The summed E-state index contributed by atoms with van der Waals surface area (Å²) in [6.45, 7) is 6.17. The van der Waals surface area contributed by atoms with E-state index in [2.05, 4.69) is 9.55 Å². The van der Waals surface area contributed by atoms with E-state index in [1.807, 2.05) is 45.0 Å². The maximum absolute atomic E-state index is 10.4. The molecule has 1 aromatic heterocycles. The predicted molar refractivity (Wildman–Crippen MR) is 75.5 cm³/mol. The Morgan fingerprint density at radius 1 is 1.25 bits per heavy atom. The van der Waals surface area contributed by atoms with E-state index in [9.17, 15) is 4.79 Å². The van der Waals surface area contributed by atoms with Gasteiger partial charge in [0, 0.05) is 11.4 Å². The topological polar surface area (TPSA) is 64.4 Å². The number of carboxylic acid groups (broad SMARTS) is 1. The second kappa shape index (κ2) is 5.77. The highest BCUT2D eigenvalue weighted by Gasteiger charge is 2.09. The molecule has 2 aromatic rings. The van der Waals surface area contributed by atoms with Crippen molar-refractivity contribution in [3.05, 3.63) is 41.5 Å². The molecule has 1 heterocycles. The van der Waals surface area contributed by atoms with Crippen LogP contribution in [0.25, 0.3) is 5.69 Å². The van der Waals surface area contributed by atoms with E-state index in [-0.39, 0.29) is 13.0 Å². The van der Waals surface area contributed by atoms with Gasteiger partial charge in [0.25, 0.3) is 0 Å². The number of imidazole rings is 1. The second-order valence-electron chi connectivity index (χ2n) is 4.65. The zero-order chi connectivity index (χ0) is 14.7. The fourth-order valence-electron chi connectivity index (χ4n) is 2.11. The molecule has 2 rings (SSSR count). The minimum absolute atomic E-state index is 0.000678. The number of nitrogens with zero attached hydrogens (tertiary/aromatic N) is 2. The number of aliphatic carboxylic acids is 1. The molecule has 106 valence electrons. The van der Waals surface area contributed by atoms with Gasteiger partial charge in [0.15, 0.2) is 0 Å².